The zero-order valence-electron chi connectivity index (χ0n) is 9.45. The maximum atomic E-state index is 13.8. The molecule has 2 aromatic rings. The lowest BCUT2D eigenvalue weighted by atomic mass is 9.98. The molecule has 1 N–H and O–H groups in total. The minimum absolute atomic E-state index is 0.185. The maximum Gasteiger partial charge on any atom is 0.128 e. The smallest absolute Gasteiger partial charge is 0.128 e. The van der Waals surface area contributed by atoms with Crippen LogP contribution in [-0.4, -0.2) is 7.05 Å². The maximum absolute atomic E-state index is 13.8. The first-order valence-electron chi connectivity index (χ1n) is 5.39. The average molecular weight is 250 g/mol. The van der Waals surface area contributed by atoms with Crippen molar-refractivity contribution in [1.82, 2.24) is 5.32 Å². The molecular weight excluding hydrogens is 237 g/mol. The van der Waals surface area contributed by atoms with E-state index in [2.05, 4.69) is 5.32 Å². The molecule has 0 bridgehead atoms. The topological polar surface area (TPSA) is 12.0 Å². The molecule has 0 radical (unpaired) electrons. The van der Waals surface area contributed by atoms with E-state index in [4.69, 9.17) is 11.6 Å². The van der Waals surface area contributed by atoms with E-state index in [1.165, 1.54) is 6.07 Å². The summed E-state index contributed by atoms with van der Waals surface area (Å²) >= 11 is 5.91. The van der Waals surface area contributed by atoms with Gasteiger partial charge in [-0.3, -0.25) is 0 Å². The van der Waals surface area contributed by atoms with E-state index in [-0.39, 0.29) is 11.9 Å². The van der Waals surface area contributed by atoms with E-state index in [9.17, 15) is 4.39 Å². The standard InChI is InChI=1S/C14H13ClFN/c1-17-14(10-5-3-2-4-6-10)12-9-11(15)7-8-13(12)16/h2-9,14,17H,1H3. The highest BCUT2D eigenvalue weighted by Gasteiger charge is 2.16. The van der Waals surface area contributed by atoms with E-state index in [1.54, 1.807) is 19.2 Å². The molecule has 0 amide bonds. The van der Waals surface area contributed by atoms with Gasteiger partial charge >= 0.3 is 0 Å². The second kappa shape index (κ2) is 5.30. The molecule has 0 aliphatic rings. The minimum Gasteiger partial charge on any atom is -0.309 e. The molecule has 1 atom stereocenters. The summed E-state index contributed by atoms with van der Waals surface area (Å²) in [6.45, 7) is 0. The predicted octanol–water partition coefficient (Wildman–Crippen LogP) is 3.79. The number of hydrogen-bond acceptors (Lipinski definition) is 1. The van der Waals surface area contributed by atoms with Crippen molar-refractivity contribution >= 4 is 11.6 Å². The van der Waals surface area contributed by atoms with Gasteiger partial charge in [-0.25, -0.2) is 4.39 Å². The summed E-state index contributed by atoms with van der Waals surface area (Å²) in [4.78, 5) is 0. The summed E-state index contributed by atoms with van der Waals surface area (Å²) in [7, 11) is 1.80. The summed E-state index contributed by atoms with van der Waals surface area (Å²) in [6, 6.07) is 14.1. The Morgan fingerprint density at radius 2 is 1.82 bits per heavy atom. The summed E-state index contributed by atoms with van der Waals surface area (Å²) in [5.41, 5.74) is 1.57. The number of halogens is 2. The van der Waals surface area contributed by atoms with Gasteiger partial charge < -0.3 is 5.32 Å². The Bertz CT molecular complexity index is 499. The third-order valence-electron chi connectivity index (χ3n) is 2.69. The normalized spacial score (nSPS) is 12.4. The van der Waals surface area contributed by atoms with Crippen LogP contribution in [0.4, 0.5) is 4.39 Å². The van der Waals surface area contributed by atoms with Crippen LogP contribution in [0.15, 0.2) is 48.5 Å². The van der Waals surface area contributed by atoms with Crippen LogP contribution in [0.25, 0.3) is 0 Å². The predicted molar refractivity (Wildman–Crippen MR) is 68.8 cm³/mol. The third-order valence-corrected chi connectivity index (χ3v) is 2.93. The quantitative estimate of drug-likeness (QED) is 0.873. The highest BCUT2D eigenvalue weighted by atomic mass is 35.5. The molecule has 0 saturated heterocycles. The Morgan fingerprint density at radius 3 is 2.47 bits per heavy atom. The van der Waals surface area contributed by atoms with Crippen molar-refractivity contribution in [1.29, 1.82) is 0 Å². The van der Waals surface area contributed by atoms with E-state index < -0.39 is 0 Å². The molecule has 1 unspecified atom stereocenters. The van der Waals surface area contributed by atoms with Crippen LogP contribution < -0.4 is 5.32 Å². The number of hydrogen-bond donors (Lipinski definition) is 1. The summed E-state index contributed by atoms with van der Waals surface area (Å²) in [6.07, 6.45) is 0. The molecule has 0 fully saturated rings. The third kappa shape index (κ3) is 2.65. The highest BCUT2D eigenvalue weighted by Crippen LogP contribution is 2.26. The Kier molecular flexibility index (Phi) is 3.77. The lowest BCUT2D eigenvalue weighted by molar-refractivity contribution is 0.576. The minimum atomic E-state index is -0.252. The number of rotatable bonds is 3. The van der Waals surface area contributed by atoms with Crippen LogP contribution in [0, 0.1) is 5.82 Å². The first kappa shape index (κ1) is 12.1. The summed E-state index contributed by atoms with van der Waals surface area (Å²) in [5.74, 6) is -0.252. The van der Waals surface area contributed by atoms with Gasteiger partial charge in [0.2, 0.25) is 0 Å². The monoisotopic (exact) mass is 249 g/mol. The second-order valence-corrected chi connectivity index (χ2v) is 4.23. The molecule has 1 nitrogen and oxygen atoms in total. The first-order chi connectivity index (χ1) is 8.22. The zero-order valence-corrected chi connectivity index (χ0v) is 10.2. The van der Waals surface area contributed by atoms with Gasteiger partial charge in [0.25, 0.3) is 0 Å². The van der Waals surface area contributed by atoms with Gasteiger partial charge in [0.05, 0.1) is 6.04 Å². The van der Waals surface area contributed by atoms with Crippen LogP contribution in [-0.2, 0) is 0 Å². The van der Waals surface area contributed by atoms with E-state index >= 15 is 0 Å². The fourth-order valence-corrected chi connectivity index (χ4v) is 2.06. The first-order valence-corrected chi connectivity index (χ1v) is 5.77. The number of nitrogens with one attached hydrogen (secondary N) is 1. The molecule has 3 heteroatoms. The van der Waals surface area contributed by atoms with Crippen molar-refractivity contribution in [3.8, 4) is 0 Å². The molecule has 0 aliphatic heterocycles. The molecule has 2 aromatic carbocycles. The second-order valence-electron chi connectivity index (χ2n) is 3.80. The van der Waals surface area contributed by atoms with Crippen molar-refractivity contribution in [2.24, 2.45) is 0 Å². The van der Waals surface area contributed by atoms with Crippen LogP contribution >= 0.6 is 11.6 Å². The van der Waals surface area contributed by atoms with Gasteiger partial charge in [0.1, 0.15) is 5.82 Å². The van der Waals surface area contributed by atoms with Gasteiger partial charge in [-0.1, -0.05) is 41.9 Å². The van der Waals surface area contributed by atoms with Crippen LogP contribution in [0.2, 0.25) is 5.02 Å². The Labute approximate surface area is 105 Å². The fraction of sp³-hybridized carbons (Fsp3) is 0.143. The van der Waals surface area contributed by atoms with Crippen molar-refractivity contribution in [3.05, 3.63) is 70.5 Å². The van der Waals surface area contributed by atoms with E-state index in [1.807, 2.05) is 30.3 Å². The van der Waals surface area contributed by atoms with E-state index in [0.717, 1.165) is 5.56 Å². The molecule has 0 spiro atoms. The van der Waals surface area contributed by atoms with Crippen LogP contribution in [0.5, 0.6) is 0 Å². The molecule has 17 heavy (non-hydrogen) atoms. The average Bonchev–Trinajstić information content (AvgIpc) is 2.36. The van der Waals surface area contributed by atoms with Crippen molar-refractivity contribution in [3.63, 3.8) is 0 Å². The Hall–Kier alpha value is -1.38. The molecule has 88 valence electrons. The summed E-state index contributed by atoms with van der Waals surface area (Å²) < 4.78 is 13.8. The lowest BCUT2D eigenvalue weighted by Gasteiger charge is -2.18. The zero-order chi connectivity index (χ0) is 12.3. The van der Waals surface area contributed by atoms with Gasteiger partial charge in [-0.05, 0) is 30.8 Å². The van der Waals surface area contributed by atoms with Gasteiger partial charge in [-0.2, -0.15) is 0 Å². The molecule has 0 aliphatic carbocycles. The van der Waals surface area contributed by atoms with Crippen molar-refractivity contribution in [2.75, 3.05) is 7.05 Å². The molecule has 2 rings (SSSR count). The highest BCUT2D eigenvalue weighted by molar-refractivity contribution is 6.30. The SMILES string of the molecule is CNC(c1ccccc1)c1cc(Cl)ccc1F. The fourth-order valence-electron chi connectivity index (χ4n) is 1.88. The summed E-state index contributed by atoms with van der Waals surface area (Å²) in [5, 5.41) is 3.64. The van der Waals surface area contributed by atoms with Gasteiger partial charge in [-0.15, -0.1) is 0 Å². The molecule has 0 saturated carbocycles. The Balaban J connectivity index is 2.46. The van der Waals surface area contributed by atoms with E-state index in [0.29, 0.717) is 10.6 Å². The van der Waals surface area contributed by atoms with Crippen LogP contribution in [0.1, 0.15) is 17.2 Å². The van der Waals surface area contributed by atoms with Crippen molar-refractivity contribution < 1.29 is 4.39 Å². The van der Waals surface area contributed by atoms with Crippen molar-refractivity contribution in [2.45, 2.75) is 6.04 Å². The number of benzene rings is 2. The molecule has 0 aromatic heterocycles. The molecular formula is C14H13ClFN. The van der Waals surface area contributed by atoms with Gasteiger partial charge in [0, 0.05) is 10.6 Å². The van der Waals surface area contributed by atoms with Crippen LogP contribution in [0.3, 0.4) is 0 Å². The Morgan fingerprint density at radius 1 is 1.12 bits per heavy atom. The van der Waals surface area contributed by atoms with Gasteiger partial charge in [0.15, 0.2) is 0 Å². The lowest BCUT2D eigenvalue weighted by Crippen LogP contribution is -2.18. The largest absolute Gasteiger partial charge is 0.309 e. The molecule has 0 heterocycles.